The van der Waals surface area contributed by atoms with E-state index >= 15 is 0 Å². The molecule has 0 aliphatic rings. The van der Waals surface area contributed by atoms with Crippen LogP contribution in [0.5, 0.6) is 5.75 Å². The summed E-state index contributed by atoms with van der Waals surface area (Å²) in [6.45, 7) is 0. The SMILES string of the molecule is O=C(O)c1ncn2c(=O)c3c(C(=O)Oc4ccccc4)ncn3c(=O)c12. The second-order valence-corrected chi connectivity index (χ2v) is 5.24. The fourth-order valence-corrected chi connectivity index (χ4v) is 2.59. The Labute approximate surface area is 142 Å². The Balaban J connectivity index is 1.94. The van der Waals surface area contributed by atoms with Gasteiger partial charge in [-0.05, 0) is 12.1 Å². The van der Waals surface area contributed by atoms with Gasteiger partial charge < -0.3 is 9.84 Å². The Morgan fingerprint density at radius 2 is 1.42 bits per heavy atom. The number of carboxylic acid groups (broad SMARTS) is 1. The average Bonchev–Trinajstić information content (AvgIpc) is 3.26. The molecule has 4 rings (SSSR count). The molecular weight excluding hydrogens is 344 g/mol. The number of benzene rings is 1. The van der Waals surface area contributed by atoms with Gasteiger partial charge in [-0.25, -0.2) is 19.6 Å². The van der Waals surface area contributed by atoms with Crippen LogP contribution in [-0.4, -0.2) is 35.8 Å². The summed E-state index contributed by atoms with van der Waals surface area (Å²) in [6, 6.07) is 8.13. The Kier molecular flexibility index (Phi) is 3.26. The van der Waals surface area contributed by atoms with Crippen molar-refractivity contribution in [2.24, 2.45) is 0 Å². The molecule has 0 saturated heterocycles. The van der Waals surface area contributed by atoms with Crippen molar-refractivity contribution < 1.29 is 19.4 Å². The highest BCUT2D eigenvalue weighted by molar-refractivity contribution is 5.97. The Bertz CT molecular complexity index is 1290. The third-order valence-corrected chi connectivity index (χ3v) is 3.73. The number of carbonyl (C=O) groups is 2. The Morgan fingerprint density at radius 3 is 2.00 bits per heavy atom. The standard InChI is InChI=1S/C16H8N4O6/c21-13-11-9(15(23)24)17-6-19(11)14(22)12-10(18-7-20(12)13)16(25)26-8-4-2-1-3-5-8/h1-7H,(H,23,24). The number of hydrogen-bond donors (Lipinski definition) is 1. The number of carbonyl (C=O) groups excluding carboxylic acids is 1. The smallest absolute Gasteiger partial charge is 0.364 e. The van der Waals surface area contributed by atoms with Crippen molar-refractivity contribution in [1.82, 2.24) is 18.8 Å². The fourth-order valence-electron chi connectivity index (χ4n) is 2.59. The van der Waals surface area contributed by atoms with Gasteiger partial charge in [-0.1, -0.05) is 18.2 Å². The number of imidazole rings is 2. The molecule has 3 aromatic heterocycles. The van der Waals surface area contributed by atoms with E-state index in [1.807, 2.05) is 0 Å². The number of aromatic carboxylic acids is 1. The maximum Gasteiger partial charge on any atom is 0.364 e. The summed E-state index contributed by atoms with van der Waals surface area (Å²) >= 11 is 0. The summed E-state index contributed by atoms with van der Waals surface area (Å²) in [5.41, 5.74) is -3.29. The van der Waals surface area contributed by atoms with Gasteiger partial charge in [0.05, 0.1) is 0 Å². The second-order valence-electron chi connectivity index (χ2n) is 5.24. The molecule has 0 unspecified atom stereocenters. The predicted octanol–water partition coefficient (Wildman–Crippen LogP) is 0.0576. The molecule has 1 aromatic carbocycles. The number of para-hydroxylation sites is 1. The largest absolute Gasteiger partial charge is 0.476 e. The van der Waals surface area contributed by atoms with Crippen LogP contribution in [0, 0.1) is 0 Å². The number of ether oxygens (including phenoxy) is 1. The zero-order valence-electron chi connectivity index (χ0n) is 12.8. The van der Waals surface area contributed by atoms with Crippen LogP contribution in [0.2, 0.25) is 0 Å². The minimum Gasteiger partial charge on any atom is -0.476 e. The monoisotopic (exact) mass is 352 g/mol. The van der Waals surface area contributed by atoms with Crippen molar-refractivity contribution in [2.75, 3.05) is 0 Å². The normalized spacial score (nSPS) is 11.1. The van der Waals surface area contributed by atoms with Crippen LogP contribution >= 0.6 is 0 Å². The van der Waals surface area contributed by atoms with Crippen LogP contribution in [0.15, 0.2) is 52.6 Å². The van der Waals surface area contributed by atoms with Gasteiger partial charge in [-0.3, -0.25) is 18.4 Å². The molecule has 10 heteroatoms. The van der Waals surface area contributed by atoms with E-state index in [4.69, 9.17) is 9.84 Å². The van der Waals surface area contributed by atoms with Crippen molar-refractivity contribution in [2.45, 2.75) is 0 Å². The first-order valence-electron chi connectivity index (χ1n) is 7.23. The number of carboxylic acids is 1. The highest BCUT2D eigenvalue weighted by Gasteiger charge is 2.25. The molecule has 128 valence electrons. The van der Waals surface area contributed by atoms with Crippen molar-refractivity contribution >= 4 is 23.0 Å². The molecule has 1 N–H and O–H groups in total. The third-order valence-electron chi connectivity index (χ3n) is 3.73. The molecule has 0 atom stereocenters. The molecule has 26 heavy (non-hydrogen) atoms. The first-order chi connectivity index (χ1) is 12.5. The quantitative estimate of drug-likeness (QED) is 0.404. The minimum absolute atomic E-state index is 0.241. The van der Waals surface area contributed by atoms with E-state index in [0.717, 1.165) is 21.5 Å². The first-order valence-corrected chi connectivity index (χ1v) is 7.23. The number of nitrogens with zero attached hydrogens (tertiary/aromatic N) is 4. The van der Waals surface area contributed by atoms with Crippen LogP contribution < -0.4 is 15.9 Å². The van der Waals surface area contributed by atoms with Crippen molar-refractivity contribution in [3.63, 3.8) is 0 Å². The second kappa shape index (κ2) is 5.48. The number of esters is 1. The zero-order valence-corrected chi connectivity index (χ0v) is 12.8. The predicted molar refractivity (Wildman–Crippen MR) is 86.0 cm³/mol. The lowest BCUT2D eigenvalue weighted by Crippen LogP contribution is -2.27. The van der Waals surface area contributed by atoms with Crippen LogP contribution in [0.4, 0.5) is 0 Å². The number of fused-ring (bicyclic) bond motifs is 2. The molecule has 10 nitrogen and oxygen atoms in total. The third kappa shape index (κ3) is 2.13. The summed E-state index contributed by atoms with van der Waals surface area (Å²) in [7, 11) is 0. The van der Waals surface area contributed by atoms with Crippen LogP contribution in [0.3, 0.4) is 0 Å². The molecule has 0 amide bonds. The molecule has 0 aliphatic heterocycles. The molecule has 0 saturated carbocycles. The maximum absolute atomic E-state index is 12.6. The van der Waals surface area contributed by atoms with Gasteiger partial charge in [0.25, 0.3) is 11.1 Å². The van der Waals surface area contributed by atoms with Gasteiger partial charge in [0.15, 0.2) is 11.4 Å². The molecular formula is C16H8N4O6. The van der Waals surface area contributed by atoms with Crippen LogP contribution in [0.25, 0.3) is 11.0 Å². The molecule has 0 spiro atoms. The highest BCUT2D eigenvalue weighted by Crippen LogP contribution is 2.13. The Hall–Kier alpha value is -4.08. The summed E-state index contributed by atoms with van der Waals surface area (Å²) in [5.74, 6) is -2.13. The van der Waals surface area contributed by atoms with Crippen molar-refractivity contribution in [1.29, 1.82) is 0 Å². The van der Waals surface area contributed by atoms with Gasteiger partial charge in [-0.2, -0.15) is 0 Å². The lowest BCUT2D eigenvalue weighted by atomic mass is 10.3. The van der Waals surface area contributed by atoms with E-state index in [0.29, 0.717) is 0 Å². The van der Waals surface area contributed by atoms with E-state index < -0.39 is 34.3 Å². The molecule has 0 bridgehead atoms. The summed E-state index contributed by atoms with van der Waals surface area (Å²) in [6.07, 6.45) is 1.89. The Morgan fingerprint density at radius 1 is 0.885 bits per heavy atom. The van der Waals surface area contributed by atoms with Gasteiger partial charge >= 0.3 is 11.9 Å². The molecule has 3 heterocycles. The van der Waals surface area contributed by atoms with E-state index in [2.05, 4.69) is 9.97 Å². The van der Waals surface area contributed by atoms with Gasteiger partial charge in [0, 0.05) is 0 Å². The molecule has 0 fully saturated rings. The summed E-state index contributed by atoms with van der Waals surface area (Å²) < 4.78 is 6.74. The van der Waals surface area contributed by atoms with Crippen molar-refractivity contribution in [3.05, 3.63) is 75.1 Å². The zero-order chi connectivity index (χ0) is 18.4. The van der Waals surface area contributed by atoms with Gasteiger partial charge in [0.1, 0.15) is 29.4 Å². The number of rotatable bonds is 3. The lowest BCUT2D eigenvalue weighted by Gasteiger charge is -2.02. The van der Waals surface area contributed by atoms with Gasteiger partial charge in [-0.15, -0.1) is 0 Å². The first kappa shape index (κ1) is 15.4. The average molecular weight is 352 g/mol. The van der Waals surface area contributed by atoms with E-state index in [1.165, 1.54) is 0 Å². The summed E-state index contributed by atoms with van der Waals surface area (Å²) in [4.78, 5) is 56.1. The minimum atomic E-state index is -1.45. The lowest BCUT2D eigenvalue weighted by molar-refractivity contribution is 0.0690. The van der Waals surface area contributed by atoms with Crippen LogP contribution in [0.1, 0.15) is 21.0 Å². The number of aromatic nitrogens is 4. The van der Waals surface area contributed by atoms with Crippen LogP contribution in [-0.2, 0) is 0 Å². The molecule has 0 aliphatic carbocycles. The molecule has 0 radical (unpaired) electrons. The van der Waals surface area contributed by atoms with Gasteiger partial charge in [0.2, 0.25) is 0 Å². The highest BCUT2D eigenvalue weighted by atomic mass is 16.5. The maximum atomic E-state index is 12.6. The summed E-state index contributed by atoms with van der Waals surface area (Å²) in [5, 5.41) is 9.10. The van der Waals surface area contributed by atoms with E-state index in [-0.39, 0.29) is 17.0 Å². The molecule has 4 aromatic rings. The fraction of sp³-hybridized carbons (Fsp3) is 0. The van der Waals surface area contributed by atoms with E-state index in [9.17, 15) is 19.2 Å². The van der Waals surface area contributed by atoms with E-state index in [1.54, 1.807) is 30.3 Å². The van der Waals surface area contributed by atoms with Crippen molar-refractivity contribution in [3.8, 4) is 5.75 Å². The topological polar surface area (TPSA) is 132 Å². The number of hydrogen-bond acceptors (Lipinski definition) is 7.